The summed E-state index contributed by atoms with van der Waals surface area (Å²) in [5.74, 6) is 0.461. The Balaban J connectivity index is 1.25. The van der Waals surface area contributed by atoms with Gasteiger partial charge in [-0.15, -0.1) is 0 Å². The van der Waals surface area contributed by atoms with Crippen LogP contribution in [-0.2, 0) is 20.6 Å². The van der Waals surface area contributed by atoms with E-state index < -0.39 is 11.6 Å². The van der Waals surface area contributed by atoms with E-state index in [0.717, 1.165) is 63.5 Å². The molecule has 5 heterocycles. The second-order valence-electron chi connectivity index (χ2n) is 9.98. The van der Waals surface area contributed by atoms with Crippen molar-refractivity contribution in [3.05, 3.63) is 29.5 Å². The van der Waals surface area contributed by atoms with E-state index in [0.29, 0.717) is 48.7 Å². The summed E-state index contributed by atoms with van der Waals surface area (Å²) in [5.41, 5.74) is 1.91. The number of ether oxygens (including phenoxy) is 4. The van der Waals surface area contributed by atoms with Crippen molar-refractivity contribution in [2.45, 2.75) is 75.2 Å². The third-order valence-electron chi connectivity index (χ3n) is 7.66. The van der Waals surface area contributed by atoms with E-state index in [1.54, 1.807) is 12.3 Å². The minimum Gasteiger partial charge on any atom is -0.475 e. The van der Waals surface area contributed by atoms with E-state index in [1.165, 1.54) is 0 Å². The molecule has 1 amide bonds. The number of nitriles is 1. The van der Waals surface area contributed by atoms with Crippen LogP contribution in [0.4, 0.5) is 4.79 Å². The predicted molar refractivity (Wildman–Crippen MR) is 129 cm³/mol. The maximum Gasteiger partial charge on any atom is 0.405 e. The molecule has 10 nitrogen and oxygen atoms in total. The van der Waals surface area contributed by atoms with Gasteiger partial charge in [0.15, 0.2) is 6.29 Å². The molecule has 192 valence electrons. The third-order valence-corrected chi connectivity index (χ3v) is 7.66. The number of rotatable bonds is 9. The Morgan fingerprint density at radius 2 is 2.11 bits per heavy atom. The fourth-order valence-electron chi connectivity index (χ4n) is 5.52. The number of hydrogen-bond acceptors (Lipinski definition) is 8. The summed E-state index contributed by atoms with van der Waals surface area (Å²) in [6, 6.07) is 5.89. The molecule has 3 aliphatic heterocycles. The van der Waals surface area contributed by atoms with Gasteiger partial charge in [-0.05, 0) is 69.4 Å². The van der Waals surface area contributed by atoms with Crippen molar-refractivity contribution in [3.8, 4) is 11.9 Å². The number of carboxylic acid groups (broad SMARTS) is 1. The number of nitrogens with zero attached hydrogens (tertiary/aromatic N) is 3. The molecule has 2 aromatic rings. The molecule has 1 atom stereocenters. The molecule has 10 heteroatoms. The second-order valence-corrected chi connectivity index (χ2v) is 9.98. The number of fused-ring (bicyclic) bond motifs is 4. The zero-order chi connectivity index (χ0) is 25.0. The highest BCUT2D eigenvalue weighted by Gasteiger charge is 2.50. The largest absolute Gasteiger partial charge is 0.475 e. The highest BCUT2D eigenvalue weighted by molar-refractivity contribution is 5.80. The number of hydrogen-bond donors (Lipinski definition) is 2. The molecule has 2 aromatic heterocycles. The Hall–Kier alpha value is -3.00. The predicted octanol–water partition coefficient (Wildman–Crippen LogP) is 3.71. The molecule has 2 N–H and O–H groups in total. The summed E-state index contributed by atoms with van der Waals surface area (Å²) in [7, 11) is 0. The summed E-state index contributed by atoms with van der Waals surface area (Å²) < 4.78 is 23.4. The number of amides is 1. The van der Waals surface area contributed by atoms with Crippen LogP contribution in [0.15, 0.2) is 18.3 Å². The van der Waals surface area contributed by atoms with E-state index in [2.05, 4.69) is 16.4 Å². The van der Waals surface area contributed by atoms with Crippen molar-refractivity contribution >= 4 is 17.1 Å². The molecule has 1 unspecified atom stereocenters. The minimum absolute atomic E-state index is 0.160. The van der Waals surface area contributed by atoms with Gasteiger partial charge in [-0.3, -0.25) is 4.98 Å². The van der Waals surface area contributed by atoms with Crippen molar-refractivity contribution in [2.24, 2.45) is 0 Å². The standard InChI is InChI=1S/C26H32N4O6/c27-15-18-16-28-20-4-5-21(33-13-14-35-22-3-1-2-12-34-22)29-23(20)19(18)6-7-26-10-8-25(9-11-26,17-36-26)30-24(31)32/h4-5,16,22,30H,1-3,6-14,17H2,(H,31,32). The Kier molecular flexibility index (Phi) is 7.23. The Morgan fingerprint density at radius 1 is 1.25 bits per heavy atom. The van der Waals surface area contributed by atoms with Crippen molar-refractivity contribution < 1.29 is 28.8 Å². The van der Waals surface area contributed by atoms with Gasteiger partial charge in [0.05, 0.1) is 41.0 Å². The molecule has 4 fully saturated rings. The van der Waals surface area contributed by atoms with Crippen LogP contribution >= 0.6 is 0 Å². The fraction of sp³-hybridized carbons (Fsp3) is 0.615. The monoisotopic (exact) mass is 496 g/mol. The van der Waals surface area contributed by atoms with Gasteiger partial charge < -0.3 is 29.4 Å². The van der Waals surface area contributed by atoms with Gasteiger partial charge in [-0.25, -0.2) is 9.78 Å². The zero-order valence-corrected chi connectivity index (χ0v) is 20.3. The lowest BCUT2D eigenvalue weighted by atomic mass is 9.69. The minimum atomic E-state index is -1.01. The van der Waals surface area contributed by atoms with Crippen LogP contribution in [0.5, 0.6) is 5.88 Å². The molecule has 1 aliphatic carbocycles. The summed E-state index contributed by atoms with van der Waals surface area (Å²) in [6.07, 6.45) is 7.94. The first-order valence-electron chi connectivity index (χ1n) is 12.7. The number of aryl methyl sites for hydroxylation is 1. The topological polar surface area (TPSA) is 136 Å². The van der Waals surface area contributed by atoms with E-state index >= 15 is 0 Å². The lowest BCUT2D eigenvalue weighted by Crippen LogP contribution is -2.62. The maximum atomic E-state index is 11.2. The van der Waals surface area contributed by atoms with Crippen LogP contribution in [0.3, 0.4) is 0 Å². The highest BCUT2D eigenvalue weighted by atomic mass is 16.7. The Bertz CT molecular complexity index is 1120. The van der Waals surface area contributed by atoms with Gasteiger partial charge in [-0.2, -0.15) is 5.26 Å². The first kappa shape index (κ1) is 24.7. The van der Waals surface area contributed by atoms with Crippen LogP contribution in [0.1, 0.15) is 62.5 Å². The Morgan fingerprint density at radius 3 is 2.81 bits per heavy atom. The normalized spacial score (nSPS) is 27.5. The number of aromatic nitrogens is 2. The van der Waals surface area contributed by atoms with Crippen molar-refractivity contribution in [1.29, 1.82) is 5.26 Å². The quantitative estimate of drug-likeness (QED) is 0.498. The second kappa shape index (κ2) is 10.5. The van der Waals surface area contributed by atoms with Crippen molar-refractivity contribution in [3.63, 3.8) is 0 Å². The molecular weight excluding hydrogens is 464 g/mol. The van der Waals surface area contributed by atoms with E-state index in [4.69, 9.17) is 23.9 Å². The van der Waals surface area contributed by atoms with E-state index in [9.17, 15) is 15.2 Å². The molecule has 4 aliphatic rings. The van der Waals surface area contributed by atoms with Crippen LogP contribution in [0.25, 0.3) is 11.0 Å². The number of carbonyl (C=O) groups is 1. The molecule has 2 bridgehead atoms. The SMILES string of the molecule is N#Cc1cnc2ccc(OCCOC3CCCCO3)nc2c1CCC12CCC(NC(=O)O)(CC1)CO2. The molecule has 6 rings (SSSR count). The van der Waals surface area contributed by atoms with Gasteiger partial charge in [0, 0.05) is 18.9 Å². The molecule has 0 aromatic carbocycles. The molecule has 0 spiro atoms. The first-order chi connectivity index (χ1) is 17.5. The van der Waals surface area contributed by atoms with E-state index in [-0.39, 0.29) is 11.9 Å². The summed E-state index contributed by atoms with van der Waals surface area (Å²) in [4.78, 5) is 20.3. The number of nitrogens with one attached hydrogen (secondary N) is 1. The van der Waals surface area contributed by atoms with E-state index in [1.807, 2.05) is 6.07 Å². The first-order valence-corrected chi connectivity index (χ1v) is 12.7. The van der Waals surface area contributed by atoms with Crippen molar-refractivity contribution in [1.82, 2.24) is 15.3 Å². The van der Waals surface area contributed by atoms with Crippen LogP contribution in [0, 0.1) is 11.3 Å². The van der Waals surface area contributed by atoms with Crippen molar-refractivity contribution in [2.75, 3.05) is 26.4 Å². The molecule has 36 heavy (non-hydrogen) atoms. The van der Waals surface area contributed by atoms with Crippen LogP contribution < -0.4 is 10.1 Å². The summed E-state index contributed by atoms with van der Waals surface area (Å²) in [5, 5.41) is 21.6. The Labute approximate surface area is 209 Å². The van der Waals surface area contributed by atoms with Gasteiger partial charge >= 0.3 is 6.09 Å². The maximum absolute atomic E-state index is 11.2. The van der Waals surface area contributed by atoms with Gasteiger partial charge in [0.1, 0.15) is 12.7 Å². The zero-order valence-electron chi connectivity index (χ0n) is 20.3. The van der Waals surface area contributed by atoms with Gasteiger partial charge in [-0.1, -0.05) is 0 Å². The average molecular weight is 497 g/mol. The lowest BCUT2D eigenvalue weighted by Gasteiger charge is -2.53. The molecule has 1 saturated carbocycles. The summed E-state index contributed by atoms with van der Waals surface area (Å²) >= 11 is 0. The smallest absolute Gasteiger partial charge is 0.405 e. The van der Waals surface area contributed by atoms with Crippen LogP contribution in [-0.4, -0.2) is 65.0 Å². The molecule has 0 radical (unpaired) electrons. The van der Waals surface area contributed by atoms with Gasteiger partial charge in [0.25, 0.3) is 0 Å². The average Bonchev–Trinajstić information content (AvgIpc) is 2.91. The molecule has 3 saturated heterocycles. The number of pyridine rings is 2. The van der Waals surface area contributed by atoms with Crippen LogP contribution in [0.2, 0.25) is 0 Å². The summed E-state index contributed by atoms with van der Waals surface area (Å²) in [6.45, 7) is 1.88. The third kappa shape index (κ3) is 5.38. The highest BCUT2D eigenvalue weighted by Crippen LogP contribution is 2.46. The fourth-order valence-corrected chi connectivity index (χ4v) is 5.52. The lowest BCUT2D eigenvalue weighted by molar-refractivity contribution is -0.165. The molecular formula is C26H32N4O6. The van der Waals surface area contributed by atoms with Gasteiger partial charge in [0.2, 0.25) is 5.88 Å².